The molecule has 5 nitrogen and oxygen atoms in total. The molecule has 2 aromatic heterocycles. The number of carbonyl (C=O) groups is 1. The fourth-order valence-electron chi connectivity index (χ4n) is 2.85. The van der Waals surface area contributed by atoms with Crippen molar-refractivity contribution in [2.24, 2.45) is 0 Å². The minimum atomic E-state index is -0.228. The first kappa shape index (κ1) is 16.2. The number of carbonyl (C=O) groups excluding carboxylic acids is 1. The average molecular weight is 346 g/mol. The molecule has 0 aliphatic heterocycles. The Labute approximate surface area is 143 Å². The van der Waals surface area contributed by atoms with Gasteiger partial charge in [-0.3, -0.25) is 4.79 Å². The highest BCUT2D eigenvalue weighted by Crippen LogP contribution is 2.40. The molecule has 2 aromatic rings. The Hall–Kier alpha value is -1.65. The van der Waals surface area contributed by atoms with Crippen LogP contribution in [0.2, 0.25) is 0 Å². The molecule has 0 bridgehead atoms. The van der Waals surface area contributed by atoms with Crippen molar-refractivity contribution in [2.45, 2.75) is 42.9 Å². The molecular formula is C16H18N4OS2. The molecule has 2 heterocycles. The largest absolute Gasteiger partial charge is 0.344 e. The van der Waals surface area contributed by atoms with Gasteiger partial charge in [0.15, 0.2) is 0 Å². The number of nitrogens with zero attached hydrogens (tertiary/aromatic N) is 4. The Morgan fingerprint density at radius 1 is 1.52 bits per heavy atom. The zero-order chi connectivity index (χ0) is 16.4. The number of fused-ring (bicyclic) bond motifs is 3. The summed E-state index contributed by atoms with van der Waals surface area (Å²) >= 11 is 3.25. The van der Waals surface area contributed by atoms with Gasteiger partial charge in [0, 0.05) is 23.9 Å². The van der Waals surface area contributed by atoms with E-state index >= 15 is 0 Å². The summed E-state index contributed by atoms with van der Waals surface area (Å²) in [7, 11) is 1.74. The third-order valence-electron chi connectivity index (χ3n) is 4.04. The van der Waals surface area contributed by atoms with Crippen LogP contribution in [0.3, 0.4) is 0 Å². The number of aryl methyl sites for hydroxylation is 2. The van der Waals surface area contributed by atoms with Gasteiger partial charge in [-0.2, -0.15) is 5.26 Å². The highest BCUT2D eigenvalue weighted by molar-refractivity contribution is 8.00. The fraction of sp³-hybridized carbons (Fsp3) is 0.500. The summed E-state index contributed by atoms with van der Waals surface area (Å²) in [6, 6.07) is 2.07. The van der Waals surface area contributed by atoms with Crippen LogP contribution in [-0.4, -0.2) is 39.6 Å². The fourth-order valence-corrected chi connectivity index (χ4v) is 5.20. The van der Waals surface area contributed by atoms with Gasteiger partial charge in [-0.05, 0) is 31.7 Å². The highest BCUT2D eigenvalue weighted by atomic mass is 32.2. The smallest absolute Gasteiger partial charge is 0.235 e. The molecule has 1 aliphatic rings. The molecule has 0 saturated heterocycles. The molecule has 0 saturated carbocycles. The summed E-state index contributed by atoms with van der Waals surface area (Å²) in [6.07, 6.45) is 5.36. The van der Waals surface area contributed by atoms with Gasteiger partial charge < -0.3 is 4.90 Å². The maximum Gasteiger partial charge on any atom is 0.235 e. The van der Waals surface area contributed by atoms with Crippen molar-refractivity contribution in [3.63, 3.8) is 0 Å². The van der Waals surface area contributed by atoms with Crippen LogP contribution in [-0.2, 0) is 17.6 Å². The Morgan fingerprint density at radius 2 is 2.35 bits per heavy atom. The Balaban J connectivity index is 1.81. The predicted octanol–water partition coefficient (Wildman–Crippen LogP) is 3.03. The van der Waals surface area contributed by atoms with Crippen molar-refractivity contribution in [1.82, 2.24) is 14.9 Å². The van der Waals surface area contributed by atoms with Crippen molar-refractivity contribution in [3.8, 4) is 6.07 Å². The van der Waals surface area contributed by atoms with Crippen molar-refractivity contribution < 1.29 is 4.79 Å². The summed E-state index contributed by atoms with van der Waals surface area (Å²) in [4.78, 5) is 25.3. The number of rotatable bonds is 5. The molecule has 1 atom stereocenters. The third-order valence-corrected chi connectivity index (χ3v) is 6.33. The van der Waals surface area contributed by atoms with Crippen molar-refractivity contribution in [3.05, 3.63) is 16.8 Å². The van der Waals surface area contributed by atoms with E-state index < -0.39 is 0 Å². The van der Waals surface area contributed by atoms with Crippen LogP contribution in [0, 0.1) is 11.3 Å². The van der Waals surface area contributed by atoms with Crippen LogP contribution >= 0.6 is 23.1 Å². The zero-order valence-electron chi connectivity index (χ0n) is 13.2. The van der Waals surface area contributed by atoms with Gasteiger partial charge in [-0.1, -0.05) is 11.8 Å². The zero-order valence-corrected chi connectivity index (χ0v) is 14.8. The van der Waals surface area contributed by atoms with Gasteiger partial charge in [0.1, 0.15) is 16.2 Å². The monoisotopic (exact) mass is 346 g/mol. The van der Waals surface area contributed by atoms with E-state index in [4.69, 9.17) is 5.26 Å². The van der Waals surface area contributed by atoms with E-state index in [0.717, 1.165) is 28.1 Å². The number of thiophene rings is 1. The minimum Gasteiger partial charge on any atom is -0.344 e. The summed E-state index contributed by atoms with van der Waals surface area (Å²) in [5.74, 6) is 0.0314. The molecule has 0 aromatic carbocycles. The van der Waals surface area contributed by atoms with E-state index in [1.165, 1.54) is 28.6 Å². The SMILES string of the molecule is C[C@H](Sc1ncnc2sc3c(c12)CCC3)C(=O)N(C)CCC#N. The molecule has 7 heteroatoms. The second kappa shape index (κ2) is 6.85. The van der Waals surface area contributed by atoms with E-state index in [1.807, 2.05) is 6.92 Å². The van der Waals surface area contributed by atoms with Gasteiger partial charge >= 0.3 is 0 Å². The lowest BCUT2D eigenvalue weighted by atomic mass is 10.2. The average Bonchev–Trinajstić information content (AvgIpc) is 3.12. The first-order valence-corrected chi connectivity index (χ1v) is 9.35. The van der Waals surface area contributed by atoms with Gasteiger partial charge in [0.25, 0.3) is 0 Å². The molecule has 0 spiro atoms. The first-order chi connectivity index (χ1) is 11.1. The molecule has 0 fully saturated rings. The lowest BCUT2D eigenvalue weighted by molar-refractivity contribution is -0.128. The Morgan fingerprint density at radius 3 is 3.13 bits per heavy atom. The van der Waals surface area contributed by atoms with E-state index in [0.29, 0.717) is 13.0 Å². The van der Waals surface area contributed by atoms with Crippen LogP contribution in [0.4, 0.5) is 0 Å². The van der Waals surface area contributed by atoms with Gasteiger partial charge in [0.2, 0.25) is 5.91 Å². The number of nitriles is 1. The summed E-state index contributed by atoms with van der Waals surface area (Å²) in [5, 5.41) is 10.5. The minimum absolute atomic E-state index is 0.0314. The van der Waals surface area contributed by atoms with Crippen molar-refractivity contribution >= 4 is 39.2 Å². The van der Waals surface area contributed by atoms with Gasteiger partial charge in [-0.25, -0.2) is 9.97 Å². The second-order valence-electron chi connectivity index (χ2n) is 5.64. The molecule has 1 amide bonds. The molecular weight excluding hydrogens is 328 g/mol. The molecule has 120 valence electrons. The van der Waals surface area contributed by atoms with Gasteiger partial charge in [0.05, 0.1) is 17.7 Å². The summed E-state index contributed by atoms with van der Waals surface area (Å²) in [5.41, 5.74) is 1.38. The molecule has 3 rings (SSSR count). The van der Waals surface area contributed by atoms with Crippen molar-refractivity contribution in [1.29, 1.82) is 5.26 Å². The van der Waals surface area contributed by atoms with E-state index in [9.17, 15) is 4.79 Å². The van der Waals surface area contributed by atoms with Crippen LogP contribution in [0.1, 0.15) is 30.2 Å². The molecule has 0 unspecified atom stereocenters. The van der Waals surface area contributed by atoms with Crippen LogP contribution in [0.15, 0.2) is 11.4 Å². The number of hydrogen-bond donors (Lipinski definition) is 0. The summed E-state index contributed by atoms with van der Waals surface area (Å²) < 4.78 is 0. The molecule has 23 heavy (non-hydrogen) atoms. The standard InChI is InChI=1S/C16H18N4OS2/c1-10(16(21)20(2)8-4-7-17)22-14-13-11-5-3-6-12(11)23-15(13)19-9-18-14/h9-10H,3-6,8H2,1-2H3/t10-/m0/s1. The maximum absolute atomic E-state index is 12.4. The third kappa shape index (κ3) is 3.19. The Kier molecular flexibility index (Phi) is 4.83. The Bertz CT molecular complexity index is 780. The van der Waals surface area contributed by atoms with E-state index in [-0.39, 0.29) is 11.2 Å². The lowest BCUT2D eigenvalue weighted by Gasteiger charge is -2.19. The van der Waals surface area contributed by atoms with Crippen LogP contribution < -0.4 is 0 Å². The number of aromatic nitrogens is 2. The molecule has 1 aliphatic carbocycles. The predicted molar refractivity (Wildman–Crippen MR) is 92.6 cm³/mol. The van der Waals surface area contributed by atoms with Gasteiger partial charge in [-0.15, -0.1) is 11.3 Å². The summed E-state index contributed by atoms with van der Waals surface area (Å²) in [6.45, 7) is 2.36. The quantitative estimate of drug-likeness (QED) is 0.615. The normalized spacial score (nSPS) is 14.5. The van der Waals surface area contributed by atoms with E-state index in [1.54, 1.807) is 29.6 Å². The van der Waals surface area contributed by atoms with Crippen LogP contribution in [0.5, 0.6) is 0 Å². The number of amides is 1. The molecule has 0 radical (unpaired) electrons. The maximum atomic E-state index is 12.4. The topological polar surface area (TPSA) is 69.9 Å². The van der Waals surface area contributed by atoms with Crippen molar-refractivity contribution in [2.75, 3.05) is 13.6 Å². The highest BCUT2D eigenvalue weighted by Gasteiger charge is 2.24. The van der Waals surface area contributed by atoms with Crippen LogP contribution in [0.25, 0.3) is 10.2 Å². The number of hydrogen-bond acceptors (Lipinski definition) is 6. The lowest BCUT2D eigenvalue weighted by Crippen LogP contribution is -2.33. The first-order valence-electron chi connectivity index (χ1n) is 7.65. The number of thioether (sulfide) groups is 1. The second-order valence-corrected chi connectivity index (χ2v) is 8.06. The molecule has 0 N–H and O–H groups in total. The van der Waals surface area contributed by atoms with E-state index in [2.05, 4.69) is 16.0 Å².